The second-order valence-corrected chi connectivity index (χ2v) is 35.5. The molecule has 0 radical (unpaired) electrons. The summed E-state index contributed by atoms with van der Waals surface area (Å²) in [5.41, 5.74) is 3.05. The Labute approximate surface area is 635 Å². The van der Waals surface area contributed by atoms with Crippen LogP contribution in [0.5, 0.6) is 0 Å². The smallest absolute Gasteiger partial charge is 0.282 e. The van der Waals surface area contributed by atoms with E-state index in [9.17, 15) is 51.9 Å². The number of benzene rings is 4. The van der Waals surface area contributed by atoms with Crippen LogP contribution < -0.4 is 0 Å². The van der Waals surface area contributed by atoms with Gasteiger partial charge < -0.3 is 0 Å². The monoisotopic (exact) mass is 1520 g/mol. The van der Waals surface area contributed by atoms with Gasteiger partial charge in [0.15, 0.2) is 0 Å². The van der Waals surface area contributed by atoms with Crippen molar-refractivity contribution in [3.63, 3.8) is 0 Å². The van der Waals surface area contributed by atoms with E-state index in [1.165, 1.54) is 230 Å². The molecule has 0 aliphatic heterocycles. The van der Waals surface area contributed by atoms with E-state index in [0.717, 1.165) is 73.6 Å². The van der Waals surface area contributed by atoms with Crippen LogP contribution in [-0.4, -0.2) is 51.9 Å². The van der Waals surface area contributed by atoms with Gasteiger partial charge in [-0.1, -0.05) is 387 Å². The summed E-state index contributed by atoms with van der Waals surface area (Å²) in [5.74, 6) is 2.05. The van der Waals surface area contributed by atoms with E-state index >= 15 is 0 Å². The van der Waals surface area contributed by atoms with E-state index < -0.39 is 40.5 Å². The van der Waals surface area contributed by atoms with E-state index in [4.69, 9.17) is 0 Å². The van der Waals surface area contributed by atoms with Gasteiger partial charge in [0.2, 0.25) is 0 Å². The maximum absolute atomic E-state index is 11.7. The molecule has 4 unspecified atom stereocenters. The van der Waals surface area contributed by atoms with Crippen LogP contribution in [0.15, 0.2) is 117 Å². The topological polar surface area (TPSA) is 217 Å². The minimum atomic E-state index is -4.16. The molecule has 0 heterocycles. The van der Waals surface area contributed by atoms with Gasteiger partial charge in [-0.05, 0) is 120 Å². The van der Waals surface area contributed by atoms with Crippen molar-refractivity contribution in [3.05, 3.63) is 119 Å². The maximum Gasteiger partial charge on any atom is 0.294 e. The van der Waals surface area contributed by atoms with Gasteiger partial charge in [-0.25, -0.2) is 0 Å². The normalized spacial score (nSPS) is 13.2. The second kappa shape index (κ2) is 57.4. The van der Waals surface area contributed by atoms with Gasteiger partial charge in [-0.3, -0.25) is 18.2 Å². The molecule has 0 bridgehead atoms. The van der Waals surface area contributed by atoms with Gasteiger partial charge in [-0.2, -0.15) is 33.7 Å². The summed E-state index contributed by atoms with van der Waals surface area (Å²) in [6.07, 6.45) is 50.1. The van der Waals surface area contributed by atoms with Crippen LogP contribution in [-0.2, 0) is 62.2 Å². The van der Waals surface area contributed by atoms with Crippen LogP contribution in [0.2, 0.25) is 0 Å². The average molecular weight is 1520 g/mol. The summed E-state index contributed by atoms with van der Waals surface area (Å²) < 4.78 is 131. The van der Waals surface area contributed by atoms with Crippen LogP contribution in [0.25, 0.3) is 0 Å². The van der Waals surface area contributed by atoms with Gasteiger partial charge in [0, 0.05) is 21.7 Å². The first-order chi connectivity index (χ1) is 47.5. The Kier molecular flexibility index (Phi) is 55.8. The van der Waals surface area contributed by atoms with Crippen LogP contribution in [0.1, 0.15) is 386 Å². The number of unbranched alkanes of at least 4 members (excludes halogenated alkanes) is 32. The zero-order valence-corrected chi connectivity index (χ0v) is 70.2. The maximum atomic E-state index is 11.7. The van der Waals surface area contributed by atoms with E-state index in [2.05, 4.69) is 83.1 Å². The third kappa shape index (κ3) is 44.2. The van der Waals surface area contributed by atoms with Crippen molar-refractivity contribution in [2.24, 2.45) is 23.7 Å². The Balaban J connectivity index is 0.00000132. The molecule has 4 aromatic rings. The summed E-state index contributed by atoms with van der Waals surface area (Å²) in [6.45, 7) is 26.0. The fourth-order valence-corrected chi connectivity index (χ4v) is 17.2. The summed E-state index contributed by atoms with van der Waals surface area (Å²) >= 11 is 0. The Morgan fingerprint density at radius 1 is 0.228 bits per heavy atom. The Morgan fingerprint density at radius 3 is 0.485 bits per heavy atom. The van der Waals surface area contributed by atoms with Crippen LogP contribution >= 0.6 is 0 Å². The fraction of sp³-hybridized carbons (Fsp3) is 0.714. The predicted octanol–water partition coefficient (Wildman–Crippen LogP) is 26.4. The first kappa shape index (κ1) is 98.2. The minimum absolute atomic E-state index is 0. The molecule has 0 aliphatic carbocycles. The zero-order valence-electron chi connectivity index (χ0n) is 65.3. The van der Waals surface area contributed by atoms with Gasteiger partial charge >= 0.3 is 0 Å². The molecule has 4 rings (SSSR count). The summed E-state index contributed by atoms with van der Waals surface area (Å²) in [4.78, 5) is 0.295. The standard InChI is InChI=1S/4C21H36O3S.Ti/c4*1-4-5-6-7-8-9-10-11-12-15-19(18(2)3)20-16-13-14-17-21(20)25(22,23)24;/h4*13-14,16-19H,4-12,15H2,1-3H3,(H,22,23,24);. The van der Waals surface area contributed by atoms with Crippen LogP contribution in [0.3, 0.4) is 0 Å². The van der Waals surface area contributed by atoms with Crippen molar-refractivity contribution in [1.29, 1.82) is 0 Å². The molecule has 0 spiro atoms. The number of hydrogen-bond donors (Lipinski definition) is 4. The molecule has 580 valence electrons. The minimum Gasteiger partial charge on any atom is -0.282 e. The molecule has 0 saturated carbocycles. The molecule has 12 nitrogen and oxygen atoms in total. The van der Waals surface area contributed by atoms with Crippen LogP contribution in [0, 0.1) is 23.7 Å². The third-order valence-electron chi connectivity index (χ3n) is 20.1. The van der Waals surface area contributed by atoms with Gasteiger partial charge in [0.05, 0.1) is 19.6 Å². The van der Waals surface area contributed by atoms with E-state index in [0.29, 0.717) is 23.7 Å². The molecule has 0 amide bonds. The summed E-state index contributed by atoms with van der Waals surface area (Å²) in [6, 6.07) is 27.5. The summed E-state index contributed by atoms with van der Waals surface area (Å²) in [7, 11) is -16.6. The van der Waals surface area contributed by atoms with Crippen molar-refractivity contribution in [1.82, 2.24) is 0 Å². The fourth-order valence-electron chi connectivity index (χ4n) is 14.2. The molecule has 0 saturated heterocycles. The van der Waals surface area contributed by atoms with E-state index in [1.54, 1.807) is 24.3 Å². The molecule has 4 aromatic carbocycles. The first-order valence-corrected chi connectivity index (χ1v) is 45.5. The first-order valence-electron chi connectivity index (χ1n) is 39.8. The zero-order chi connectivity index (χ0) is 74.8. The van der Waals surface area contributed by atoms with Crippen molar-refractivity contribution in [3.8, 4) is 0 Å². The van der Waals surface area contributed by atoms with Crippen molar-refractivity contribution >= 4 is 40.5 Å². The summed E-state index contributed by atoms with van der Waals surface area (Å²) in [5, 5.41) is 0. The quantitative estimate of drug-likeness (QED) is 0.0184. The van der Waals surface area contributed by atoms with Gasteiger partial charge in [0.25, 0.3) is 40.5 Å². The second-order valence-electron chi connectivity index (χ2n) is 29.9. The molecule has 4 N–H and O–H groups in total. The number of rotatable bonds is 52. The van der Waals surface area contributed by atoms with Gasteiger partial charge in [-0.15, -0.1) is 0 Å². The molecule has 17 heteroatoms. The van der Waals surface area contributed by atoms with Crippen LogP contribution in [0.4, 0.5) is 0 Å². The molecule has 101 heavy (non-hydrogen) atoms. The van der Waals surface area contributed by atoms with E-state index in [-0.39, 0.29) is 65.0 Å². The average Bonchev–Trinajstić information content (AvgIpc) is 0.838. The molecule has 0 aromatic heterocycles. The molecule has 0 aliphatic rings. The number of hydrogen-bond acceptors (Lipinski definition) is 8. The molecule has 4 atom stereocenters. The Bertz CT molecular complexity index is 2740. The van der Waals surface area contributed by atoms with Gasteiger partial charge in [0.1, 0.15) is 0 Å². The largest absolute Gasteiger partial charge is 0.294 e. The van der Waals surface area contributed by atoms with E-state index in [1.807, 2.05) is 48.5 Å². The van der Waals surface area contributed by atoms with Crippen molar-refractivity contribution in [2.45, 2.75) is 383 Å². The Morgan fingerprint density at radius 2 is 0.356 bits per heavy atom. The van der Waals surface area contributed by atoms with Crippen molar-refractivity contribution < 1.29 is 73.6 Å². The molecular weight excluding hydrogens is 1380 g/mol. The van der Waals surface area contributed by atoms with Crippen molar-refractivity contribution in [2.75, 3.05) is 0 Å². The Hall–Kier alpha value is -2.77. The predicted molar refractivity (Wildman–Crippen MR) is 423 cm³/mol. The molecule has 0 fully saturated rings. The SMILES string of the molecule is CCCCCCCCCCCC(c1ccccc1S(=O)(=O)O)C(C)C.CCCCCCCCCCCC(c1ccccc1S(=O)(=O)O)C(C)C.CCCCCCCCCCCC(c1ccccc1S(=O)(=O)O)C(C)C.CCCCCCCCCCCC(c1ccccc1S(=O)(=O)O)C(C)C.[Ti]. The third-order valence-corrected chi connectivity index (χ3v) is 23.8. The molecular formula is C84H144O12S4Ti.